The summed E-state index contributed by atoms with van der Waals surface area (Å²) in [6.45, 7) is 5.26. The quantitative estimate of drug-likeness (QED) is 0.544. The molecule has 9 heteroatoms. The summed E-state index contributed by atoms with van der Waals surface area (Å²) in [4.78, 5) is 38.8. The van der Waals surface area contributed by atoms with Gasteiger partial charge < -0.3 is 10.1 Å². The van der Waals surface area contributed by atoms with E-state index in [1.807, 2.05) is 24.3 Å². The van der Waals surface area contributed by atoms with E-state index in [1.54, 1.807) is 20.8 Å². The lowest BCUT2D eigenvalue weighted by Gasteiger charge is -2.26. The fourth-order valence-electron chi connectivity index (χ4n) is 4.60. The lowest BCUT2D eigenvalue weighted by Crippen LogP contribution is -2.38. The number of hydrogen-bond acceptors (Lipinski definition) is 5. The van der Waals surface area contributed by atoms with Crippen molar-refractivity contribution in [3.8, 4) is 0 Å². The molecule has 7 nitrogen and oxygen atoms in total. The molecule has 1 amide bonds. The second-order valence-electron chi connectivity index (χ2n) is 9.83. The Hall–Kier alpha value is -3.88. The van der Waals surface area contributed by atoms with Crippen LogP contribution in [0.15, 0.2) is 65.6 Å². The Balaban J connectivity index is 1.67. The Morgan fingerprint density at radius 3 is 2.58 bits per heavy atom. The van der Waals surface area contributed by atoms with Gasteiger partial charge in [0.1, 0.15) is 23.3 Å². The van der Waals surface area contributed by atoms with Gasteiger partial charge in [-0.25, -0.2) is 18.3 Å². The normalized spacial score (nSPS) is 17.8. The maximum absolute atomic E-state index is 14.8. The minimum Gasteiger partial charge on any atom is -0.444 e. The Morgan fingerprint density at radius 1 is 1.14 bits per heavy atom. The minimum atomic E-state index is -1.40. The number of Topliss-reactive ketones (excluding diaryl/α,β-unsaturated/α-hetero) is 1. The third-order valence-electron chi connectivity index (χ3n) is 6.03. The van der Waals surface area contributed by atoms with Crippen molar-refractivity contribution in [1.82, 2.24) is 15.1 Å². The van der Waals surface area contributed by atoms with Crippen LogP contribution in [-0.4, -0.2) is 27.3 Å². The van der Waals surface area contributed by atoms with Crippen LogP contribution in [0, 0.1) is 17.6 Å². The lowest BCUT2D eigenvalue weighted by molar-refractivity contribution is -0.122. The highest BCUT2D eigenvalue weighted by Crippen LogP contribution is 2.39. The van der Waals surface area contributed by atoms with Crippen LogP contribution in [0.4, 0.5) is 13.6 Å². The van der Waals surface area contributed by atoms with Crippen molar-refractivity contribution in [3.63, 3.8) is 0 Å². The molecule has 3 atom stereocenters. The van der Waals surface area contributed by atoms with Crippen LogP contribution in [-0.2, 0) is 16.0 Å². The molecule has 0 aliphatic heterocycles. The van der Waals surface area contributed by atoms with Gasteiger partial charge in [-0.05, 0) is 56.4 Å². The average Bonchev–Trinajstić information content (AvgIpc) is 3.12. The van der Waals surface area contributed by atoms with Gasteiger partial charge in [0.15, 0.2) is 5.78 Å². The number of ether oxygens (including phenoxy) is 1. The number of nitrogens with one attached hydrogen (secondary N) is 1. The fourth-order valence-corrected chi connectivity index (χ4v) is 4.60. The number of aromatic nitrogens is 2. The van der Waals surface area contributed by atoms with E-state index in [4.69, 9.17) is 4.74 Å². The van der Waals surface area contributed by atoms with Crippen LogP contribution in [0.1, 0.15) is 56.0 Å². The number of carbonyl (C=O) groups excluding carboxylic acids is 2. The molecule has 0 saturated carbocycles. The van der Waals surface area contributed by atoms with E-state index >= 15 is 0 Å². The van der Waals surface area contributed by atoms with E-state index in [9.17, 15) is 23.2 Å². The van der Waals surface area contributed by atoms with E-state index < -0.39 is 46.8 Å². The molecule has 0 fully saturated rings. The summed E-state index contributed by atoms with van der Waals surface area (Å²) in [6, 6.07) is 11.1. The van der Waals surface area contributed by atoms with Crippen molar-refractivity contribution in [3.05, 3.63) is 99.5 Å². The van der Waals surface area contributed by atoms with E-state index in [2.05, 4.69) is 10.4 Å². The number of hydrogen-bond donors (Lipinski definition) is 1. The minimum absolute atomic E-state index is 0.0976. The van der Waals surface area contributed by atoms with Crippen LogP contribution in [0.5, 0.6) is 0 Å². The summed E-state index contributed by atoms with van der Waals surface area (Å²) in [7, 11) is 0. The Kier molecular flexibility index (Phi) is 7.01. The first-order valence-electron chi connectivity index (χ1n) is 11.6. The molecule has 0 saturated heterocycles. The number of fused-ring (bicyclic) bond motifs is 1. The Labute approximate surface area is 207 Å². The Morgan fingerprint density at radius 2 is 1.89 bits per heavy atom. The molecule has 1 aliphatic rings. The molecule has 1 aliphatic carbocycles. The van der Waals surface area contributed by atoms with Crippen molar-refractivity contribution in [2.75, 3.05) is 0 Å². The van der Waals surface area contributed by atoms with Gasteiger partial charge in [-0.3, -0.25) is 9.59 Å². The summed E-state index contributed by atoms with van der Waals surface area (Å²) in [5, 5.41) is 6.87. The van der Waals surface area contributed by atoms with Gasteiger partial charge in [0.25, 0.3) is 5.56 Å². The molecule has 1 unspecified atom stereocenters. The molecule has 0 bridgehead atoms. The first-order chi connectivity index (χ1) is 17.0. The predicted molar refractivity (Wildman–Crippen MR) is 128 cm³/mol. The average molecular weight is 496 g/mol. The molecular weight excluding hydrogens is 468 g/mol. The van der Waals surface area contributed by atoms with Crippen LogP contribution in [0.2, 0.25) is 0 Å². The van der Waals surface area contributed by atoms with Gasteiger partial charge >= 0.3 is 6.09 Å². The Bertz CT molecular complexity index is 1350. The second kappa shape index (κ2) is 10.0. The van der Waals surface area contributed by atoms with Gasteiger partial charge in [-0.2, -0.15) is 5.10 Å². The standard InChI is InChI=1S/C27H27F2N3O4/c1-27(2,3)36-26(35)31-24-17(13-16-7-4-5-8-19(16)24)14-22(33)25(32-23(34)9-6-12-30-32)20-11-10-18(28)15-21(20)29/h4-12,15,17,24-25H,13-14H2,1-3H3,(H,31,35)/t17-,24-,25?/m1/s1. The van der Waals surface area contributed by atoms with Gasteiger partial charge in [-0.1, -0.05) is 30.3 Å². The van der Waals surface area contributed by atoms with Crippen molar-refractivity contribution < 1.29 is 23.1 Å². The van der Waals surface area contributed by atoms with Gasteiger partial charge in [0.2, 0.25) is 0 Å². The highest BCUT2D eigenvalue weighted by Gasteiger charge is 2.38. The zero-order valence-electron chi connectivity index (χ0n) is 20.2. The zero-order valence-corrected chi connectivity index (χ0v) is 20.2. The summed E-state index contributed by atoms with van der Waals surface area (Å²) in [5.74, 6) is -2.63. The number of alkyl carbamates (subject to hydrolysis) is 1. The molecule has 36 heavy (non-hydrogen) atoms. The highest BCUT2D eigenvalue weighted by atomic mass is 19.1. The van der Waals surface area contributed by atoms with Crippen molar-refractivity contribution in [2.45, 2.75) is 51.3 Å². The van der Waals surface area contributed by atoms with Gasteiger partial charge in [0, 0.05) is 30.3 Å². The van der Waals surface area contributed by atoms with Crippen LogP contribution in [0.3, 0.4) is 0 Å². The molecule has 1 N–H and O–H groups in total. The summed E-state index contributed by atoms with van der Waals surface area (Å²) >= 11 is 0. The van der Waals surface area contributed by atoms with Crippen molar-refractivity contribution >= 4 is 11.9 Å². The topological polar surface area (TPSA) is 90.3 Å². The summed E-state index contributed by atoms with van der Waals surface area (Å²) in [5.41, 5.74) is 0.363. The highest BCUT2D eigenvalue weighted by molar-refractivity contribution is 5.86. The molecule has 0 radical (unpaired) electrons. The predicted octanol–water partition coefficient (Wildman–Crippen LogP) is 4.51. The number of amides is 1. The second-order valence-corrected chi connectivity index (χ2v) is 9.83. The fraction of sp³-hybridized carbons (Fsp3) is 0.333. The number of carbonyl (C=O) groups is 2. The monoisotopic (exact) mass is 495 g/mol. The molecule has 3 aromatic rings. The smallest absolute Gasteiger partial charge is 0.408 e. The SMILES string of the molecule is CC(C)(C)OC(=O)N[C@H]1c2ccccc2C[C@@H]1CC(=O)C(c1ccc(F)cc1F)n1ncccc1=O. The molecule has 1 heterocycles. The third-order valence-corrected chi connectivity index (χ3v) is 6.03. The van der Waals surface area contributed by atoms with Crippen molar-refractivity contribution in [2.24, 2.45) is 5.92 Å². The molecule has 0 spiro atoms. The number of rotatable bonds is 6. The van der Waals surface area contributed by atoms with Gasteiger partial charge in [-0.15, -0.1) is 0 Å². The van der Waals surface area contributed by atoms with Crippen molar-refractivity contribution in [1.29, 1.82) is 0 Å². The maximum Gasteiger partial charge on any atom is 0.408 e. The van der Waals surface area contributed by atoms with Gasteiger partial charge in [0.05, 0.1) is 6.04 Å². The van der Waals surface area contributed by atoms with E-state index in [1.165, 1.54) is 18.3 Å². The molecular formula is C27H27F2N3O4. The number of ketones is 1. The molecule has 2 aromatic carbocycles. The van der Waals surface area contributed by atoms with E-state index in [-0.39, 0.29) is 17.9 Å². The third kappa shape index (κ3) is 5.50. The molecule has 1 aromatic heterocycles. The lowest BCUT2D eigenvalue weighted by atomic mass is 9.90. The first kappa shape index (κ1) is 25.2. The first-order valence-corrected chi connectivity index (χ1v) is 11.6. The number of halogens is 2. The number of nitrogens with zero attached hydrogens (tertiary/aromatic N) is 2. The van der Waals surface area contributed by atoms with E-state index in [0.717, 1.165) is 27.9 Å². The van der Waals surface area contributed by atoms with E-state index in [0.29, 0.717) is 12.5 Å². The molecule has 188 valence electrons. The molecule has 4 rings (SSSR count). The van der Waals surface area contributed by atoms with Crippen LogP contribution in [0.25, 0.3) is 0 Å². The zero-order chi connectivity index (χ0) is 26.0. The van der Waals surface area contributed by atoms with Crippen LogP contribution < -0.4 is 10.9 Å². The summed E-state index contributed by atoms with van der Waals surface area (Å²) in [6.07, 6.45) is 1.09. The van der Waals surface area contributed by atoms with Crippen LogP contribution >= 0.6 is 0 Å². The maximum atomic E-state index is 14.8. The summed E-state index contributed by atoms with van der Waals surface area (Å²) < 4.78 is 34.7. The largest absolute Gasteiger partial charge is 0.444 e. The number of benzene rings is 2.